The zero-order chi connectivity index (χ0) is 16.0. The van der Waals surface area contributed by atoms with Gasteiger partial charge < -0.3 is 10.2 Å². The molecule has 0 aromatic rings. The molecule has 124 valence electrons. The maximum Gasteiger partial charge on any atom is 0.222 e. The largest absolute Gasteiger partial charge is 0.342 e. The van der Waals surface area contributed by atoms with E-state index < -0.39 is 9.84 Å². The second-order valence-corrected chi connectivity index (χ2v) is 8.74. The van der Waals surface area contributed by atoms with Gasteiger partial charge in [-0.15, -0.1) is 0 Å². The molecule has 1 aliphatic rings. The number of nitrogens with zero attached hydrogens (tertiary/aromatic N) is 1. The molecule has 0 aromatic carbocycles. The van der Waals surface area contributed by atoms with Crippen LogP contribution in [0.5, 0.6) is 0 Å². The molecule has 0 radical (unpaired) electrons. The van der Waals surface area contributed by atoms with Gasteiger partial charge in [0.2, 0.25) is 5.91 Å². The summed E-state index contributed by atoms with van der Waals surface area (Å²) in [5.41, 5.74) is 0. The lowest BCUT2D eigenvalue weighted by molar-refractivity contribution is -0.132. The van der Waals surface area contributed by atoms with E-state index in [9.17, 15) is 13.2 Å². The lowest BCUT2D eigenvalue weighted by atomic mass is 9.85. The molecular weight excluding hydrogens is 288 g/mol. The smallest absolute Gasteiger partial charge is 0.222 e. The van der Waals surface area contributed by atoms with Gasteiger partial charge in [-0.05, 0) is 44.7 Å². The number of nitrogens with one attached hydrogen (secondary N) is 1. The quantitative estimate of drug-likeness (QED) is 0.768. The SMILES string of the molecule is CCS(=O)(=O)CC(C)N(C)C(=O)CC(C)C1CCCNC1. The van der Waals surface area contributed by atoms with Crippen molar-refractivity contribution in [3.05, 3.63) is 0 Å². The Bertz CT molecular complexity index is 430. The molecule has 0 spiro atoms. The molecule has 0 aromatic heterocycles. The molecule has 1 heterocycles. The van der Waals surface area contributed by atoms with E-state index in [-0.39, 0.29) is 23.5 Å². The Hall–Kier alpha value is -0.620. The second-order valence-electron chi connectivity index (χ2n) is 6.34. The third kappa shape index (κ3) is 5.94. The summed E-state index contributed by atoms with van der Waals surface area (Å²) in [5.74, 6) is 1.11. The number of sulfone groups is 1. The fourth-order valence-corrected chi connectivity index (χ4v) is 3.99. The van der Waals surface area contributed by atoms with Crippen LogP contribution >= 0.6 is 0 Å². The molecule has 1 fully saturated rings. The van der Waals surface area contributed by atoms with Crippen molar-refractivity contribution in [3.8, 4) is 0 Å². The predicted molar refractivity (Wildman–Crippen MR) is 85.9 cm³/mol. The van der Waals surface area contributed by atoms with Crippen molar-refractivity contribution in [2.24, 2.45) is 11.8 Å². The molecule has 3 atom stereocenters. The van der Waals surface area contributed by atoms with Crippen LogP contribution in [-0.4, -0.2) is 56.9 Å². The van der Waals surface area contributed by atoms with Crippen molar-refractivity contribution in [2.75, 3.05) is 31.6 Å². The van der Waals surface area contributed by atoms with Gasteiger partial charge in [0.25, 0.3) is 0 Å². The summed E-state index contributed by atoms with van der Waals surface area (Å²) in [6.45, 7) is 7.62. The second kappa shape index (κ2) is 8.13. The van der Waals surface area contributed by atoms with E-state index in [4.69, 9.17) is 0 Å². The van der Waals surface area contributed by atoms with E-state index in [0.717, 1.165) is 13.1 Å². The molecule has 3 unspecified atom stereocenters. The molecule has 5 nitrogen and oxygen atoms in total. The van der Waals surface area contributed by atoms with Gasteiger partial charge >= 0.3 is 0 Å². The van der Waals surface area contributed by atoms with E-state index in [0.29, 0.717) is 18.3 Å². The Morgan fingerprint density at radius 3 is 2.57 bits per heavy atom. The maximum atomic E-state index is 12.3. The molecule has 1 amide bonds. The molecular formula is C15H30N2O3S. The van der Waals surface area contributed by atoms with Crippen LogP contribution in [-0.2, 0) is 14.6 Å². The summed E-state index contributed by atoms with van der Waals surface area (Å²) < 4.78 is 23.3. The standard InChI is InChI=1S/C15H30N2O3S/c1-5-21(19,20)11-13(3)17(4)15(18)9-12(2)14-7-6-8-16-10-14/h12-14,16H,5-11H2,1-4H3. The van der Waals surface area contributed by atoms with Gasteiger partial charge in [-0.2, -0.15) is 0 Å². The van der Waals surface area contributed by atoms with Gasteiger partial charge in [0, 0.05) is 25.3 Å². The lowest BCUT2D eigenvalue weighted by Crippen LogP contribution is -2.41. The number of piperidine rings is 1. The van der Waals surface area contributed by atoms with Crippen LogP contribution < -0.4 is 5.32 Å². The van der Waals surface area contributed by atoms with E-state index >= 15 is 0 Å². The number of rotatable bonds is 7. The Balaban J connectivity index is 2.49. The molecule has 21 heavy (non-hydrogen) atoms. The van der Waals surface area contributed by atoms with Crippen LogP contribution in [0.3, 0.4) is 0 Å². The third-order valence-electron chi connectivity index (χ3n) is 4.63. The molecule has 1 saturated heterocycles. The van der Waals surface area contributed by atoms with Crippen LogP contribution in [0.15, 0.2) is 0 Å². The summed E-state index contributed by atoms with van der Waals surface area (Å²) in [7, 11) is -1.34. The van der Waals surface area contributed by atoms with Crippen LogP contribution in [0.4, 0.5) is 0 Å². The topological polar surface area (TPSA) is 66.5 Å². The van der Waals surface area contributed by atoms with Crippen molar-refractivity contribution in [2.45, 2.75) is 46.1 Å². The van der Waals surface area contributed by atoms with E-state index in [2.05, 4.69) is 12.2 Å². The minimum atomic E-state index is -3.05. The lowest BCUT2D eigenvalue weighted by Gasteiger charge is -2.31. The highest BCUT2D eigenvalue weighted by Gasteiger charge is 2.26. The first kappa shape index (κ1) is 18.4. The van der Waals surface area contributed by atoms with Crippen LogP contribution in [0.25, 0.3) is 0 Å². The zero-order valence-corrected chi connectivity index (χ0v) is 14.6. The van der Waals surface area contributed by atoms with Crippen molar-refractivity contribution < 1.29 is 13.2 Å². The summed E-state index contributed by atoms with van der Waals surface area (Å²) in [6, 6.07) is -0.265. The van der Waals surface area contributed by atoms with Gasteiger partial charge in [0.15, 0.2) is 9.84 Å². The predicted octanol–water partition coefficient (Wildman–Crippen LogP) is 1.29. The van der Waals surface area contributed by atoms with Gasteiger partial charge in [-0.3, -0.25) is 4.79 Å². The normalized spacial score (nSPS) is 22.6. The molecule has 1 rings (SSSR count). The molecule has 0 saturated carbocycles. The molecule has 1 aliphatic heterocycles. The van der Waals surface area contributed by atoms with Crippen molar-refractivity contribution in [1.82, 2.24) is 10.2 Å². The third-order valence-corrected chi connectivity index (χ3v) is 6.50. The average molecular weight is 318 g/mol. The van der Waals surface area contributed by atoms with E-state index in [1.165, 1.54) is 12.8 Å². The summed E-state index contributed by atoms with van der Waals surface area (Å²) in [4.78, 5) is 13.9. The average Bonchev–Trinajstić information content (AvgIpc) is 2.46. The summed E-state index contributed by atoms with van der Waals surface area (Å²) in [6.07, 6.45) is 2.84. The van der Waals surface area contributed by atoms with Crippen LogP contribution in [0, 0.1) is 11.8 Å². The van der Waals surface area contributed by atoms with Gasteiger partial charge in [-0.25, -0.2) is 8.42 Å². The van der Waals surface area contributed by atoms with Crippen molar-refractivity contribution in [3.63, 3.8) is 0 Å². The molecule has 0 aliphatic carbocycles. The van der Waals surface area contributed by atoms with E-state index in [1.807, 2.05) is 0 Å². The Morgan fingerprint density at radius 2 is 2.05 bits per heavy atom. The number of amides is 1. The number of hydrogen-bond acceptors (Lipinski definition) is 4. The van der Waals surface area contributed by atoms with E-state index in [1.54, 1.807) is 25.8 Å². The maximum absolute atomic E-state index is 12.3. The molecule has 0 bridgehead atoms. The summed E-state index contributed by atoms with van der Waals surface area (Å²) in [5, 5.41) is 3.38. The van der Waals surface area contributed by atoms with Crippen LogP contribution in [0.2, 0.25) is 0 Å². The number of hydrogen-bond donors (Lipinski definition) is 1. The van der Waals surface area contributed by atoms with Crippen molar-refractivity contribution >= 4 is 15.7 Å². The van der Waals surface area contributed by atoms with Gasteiger partial charge in [0.1, 0.15) is 0 Å². The first-order valence-electron chi connectivity index (χ1n) is 7.93. The number of carbonyl (C=O) groups excluding carboxylic acids is 1. The fraction of sp³-hybridized carbons (Fsp3) is 0.933. The molecule has 6 heteroatoms. The Morgan fingerprint density at radius 1 is 1.38 bits per heavy atom. The molecule has 1 N–H and O–H groups in total. The number of carbonyl (C=O) groups is 1. The van der Waals surface area contributed by atoms with Gasteiger partial charge in [-0.1, -0.05) is 13.8 Å². The Labute approximate surface area is 129 Å². The highest BCUT2D eigenvalue weighted by Crippen LogP contribution is 2.23. The Kier molecular flexibility index (Phi) is 7.13. The minimum absolute atomic E-state index is 0.0467. The van der Waals surface area contributed by atoms with Gasteiger partial charge in [0.05, 0.1) is 5.75 Å². The van der Waals surface area contributed by atoms with Crippen LogP contribution in [0.1, 0.15) is 40.0 Å². The fourth-order valence-electron chi connectivity index (χ4n) is 2.79. The highest BCUT2D eigenvalue weighted by atomic mass is 32.2. The summed E-state index contributed by atoms with van der Waals surface area (Å²) >= 11 is 0. The van der Waals surface area contributed by atoms with Crippen molar-refractivity contribution in [1.29, 1.82) is 0 Å². The monoisotopic (exact) mass is 318 g/mol. The minimum Gasteiger partial charge on any atom is -0.342 e. The zero-order valence-electron chi connectivity index (χ0n) is 13.8. The first-order valence-corrected chi connectivity index (χ1v) is 9.75. The highest BCUT2D eigenvalue weighted by molar-refractivity contribution is 7.91. The first-order chi connectivity index (χ1) is 9.76.